The van der Waals surface area contributed by atoms with E-state index in [2.05, 4.69) is 9.88 Å². The number of nitrogens with zero attached hydrogens (tertiary/aromatic N) is 4. The number of hydrogen-bond acceptors (Lipinski definition) is 7. The molecule has 0 atom stereocenters. The molecule has 3 aromatic rings. The summed E-state index contributed by atoms with van der Waals surface area (Å²) in [5.41, 5.74) is 0.697. The Kier molecular flexibility index (Phi) is 8.04. The van der Waals surface area contributed by atoms with Crippen molar-refractivity contribution in [1.29, 1.82) is 0 Å². The number of piperazine rings is 1. The minimum absolute atomic E-state index is 0.0416. The summed E-state index contributed by atoms with van der Waals surface area (Å²) in [6, 6.07) is 15.2. The third kappa shape index (κ3) is 5.73. The molecule has 0 bridgehead atoms. The first-order chi connectivity index (χ1) is 19.9. The number of anilines is 1. The van der Waals surface area contributed by atoms with Gasteiger partial charge in [-0.3, -0.25) is 14.0 Å². The van der Waals surface area contributed by atoms with Gasteiger partial charge >= 0.3 is 6.18 Å². The summed E-state index contributed by atoms with van der Waals surface area (Å²) in [7, 11) is -4.26. The van der Waals surface area contributed by atoms with E-state index in [1.165, 1.54) is 6.07 Å². The first kappa shape index (κ1) is 29.6. The van der Waals surface area contributed by atoms with Gasteiger partial charge in [0.25, 0.3) is 10.0 Å². The van der Waals surface area contributed by atoms with Crippen molar-refractivity contribution >= 4 is 27.3 Å². The van der Waals surface area contributed by atoms with Crippen LogP contribution in [0.15, 0.2) is 71.4 Å². The number of hydrogen-bond donors (Lipinski definition) is 1. The van der Waals surface area contributed by atoms with Crippen LogP contribution in [0.1, 0.15) is 39.2 Å². The van der Waals surface area contributed by atoms with Gasteiger partial charge in [-0.2, -0.15) is 21.6 Å². The van der Waals surface area contributed by atoms with E-state index in [9.17, 15) is 31.5 Å². The van der Waals surface area contributed by atoms with Crippen LogP contribution >= 0.6 is 0 Å². The van der Waals surface area contributed by atoms with E-state index < -0.39 is 33.3 Å². The lowest BCUT2D eigenvalue weighted by Crippen LogP contribution is -2.47. The second-order valence-corrected chi connectivity index (χ2v) is 12.2. The molecule has 1 N–H and O–H groups in total. The quantitative estimate of drug-likeness (QED) is 0.313. The van der Waals surface area contributed by atoms with Gasteiger partial charge in [-0.25, -0.2) is 4.98 Å². The first-order valence-electron chi connectivity index (χ1n) is 13.6. The van der Waals surface area contributed by atoms with Crippen molar-refractivity contribution < 1.29 is 31.5 Å². The summed E-state index contributed by atoms with van der Waals surface area (Å²) >= 11 is 0. The maximum atomic E-state index is 13.8. The predicted octanol–water partition coefficient (Wildman–Crippen LogP) is 5.04. The Morgan fingerprint density at radius 2 is 1.64 bits per heavy atom. The average Bonchev–Trinajstić information content (AvgIpc) is 2.95. The van der Waals surface area contributed by atoms with Gasteiger partial charge in [-0.1, -0.05) is 36.4 Å². The van der Waals surface area contributed by atoms with Crippen LogP contribution in [0.25, 0.3) is 5.76 Å². The van der Waals surface area contributed by atoms with Crippen molar-refractivity contribution in [3.63, 3.8) is 0 Å². The first-order valence-corrected chi connectivity index (χ1v) is 15.0. The van der Waals surface area contributed by atoms with E-state index in [0.717, 1.165) is 16.4 Å². The Labute approximate surface area is 242 Å². The minimum Gasteiger partial charge on any atom is -0.505 e. The van der Waals surface area contributed by atoms with E-state index in [-0.39, 0.29) is 22.8 Å². The zero-order chi connectivity index (χ0) is 30.2. The number of aliphatic hydroxyl groups excluding tert-OH is 1. The molecule has 8 nitrogen and oxygen atoms in total. The lowest BCUT2D eigenvalue weighted by atomic mass is 10.0. The van der Waals surface area contributed by atoms with Gasteiger partial charge in [-0.05, 0) is 50.1 Å². The average molecular weight is 601 g/mol. The number of allylic oxidation sites excluding steroid dienone is 1. The molecule has 222 valence electrons. The van der Waals surface area contributed by atoms with Gasteiger partial charge in [0, 0.05) is 56.2 Å². The lowest BCUT2D eigenvalue weighted by Gasteiger charge is -2.37. The molecular formula is C30H31F3N4O4S. The summed E-state index contributed by atoms with van der Waals surface area (Å²) in [6.07, 6.45) is -4.06. The fourth-order valence-corrected chi connectivity index (χ4v) is 7.22. The molecule has 1 fully saturated rings. The number of ketones is 1. The van der Waals surface area contributed by atoms with Crippen LogP contribution in [0.4, 0.5) is 18.9 Å². The zero-order valence-corrected chi connectivity index (χ0v) is 24.0. The minimum atomic E-state index is -4.41. The van der Waals surface area contributed by atoms with Crippen molar-refractivity contribution in [2.45, 2.75) is 31.5 Å². The third-order valence-electron chi connectivity index (χ3n) is 7.56. The molecule has 1 saturated heterocycles. The number of sulfonamides is 1. The molecule has 2 aliphatic rings. The molecule has 2 aromatic carbocycles. The highest BCUT2D eigenvalue weighted by atomic mass is 32.2. The van der Waals surface area contributed by atoms with Crippen LogP contribution in [0, 0.1) is 13.8 Å². The Balaban J connectivity index is 1.34. The van der Waals surface area contributed by atoms with E-state index in [1.54, 1.807) is 56.3 Å². The fraction of sp³-hybridized carbons (Fsp3) is 0.333. The maximum absolute atomic E-state index is 13.8. The molecule has 1 aromatic heterocycles. The number of pyridine rings is 1. The summed E-state index contributed by atoms with van der Waals surface area (Å²) in [5.74, 6) is -1.04. The van der Waals surface area contributed by atoms with E-state index >= 15 is 0 Å². The molecule has 0 spiro atoms. The lowest BCUT2D eigenvalue weighted by molar-refractivity contribution is -0.137. The number of carbonyl (C=O) groups is 1. The van der Waals surface area contributed by atoms with Crippen molar-refractivity contribution in [2.75, 3.05) is 44.2 Å². The molecule has 42 heavy (non-hydrogen) atoms. The number of aryl methyl sites for hydroxylation is 2. The van der Waals surface area contributed by atoms with Crippen molar-refractivity contribution in [3.05, 3.63) is 94.3 Å². The normalized spacial score (nSPS) is 18.6. The molecule has 5 rings (SSSR count). The Hall–Kier alpha value is -3.90. The predicted molar refractivity (Wildman–Crippen MR) is 153 cm³/mol. The molecule has 0 saturated carbocycles. The number of rotatable bonds is 6. The second kappa shape index (κ2) is 11.4. The van der Waals surface area contributed by atoms with Crippen molar-refractivity contribution in [2.24, 2.45) is 0 Å². The SMILES string of the molecule is Cc1cc(C)c2c(n1)S(=O)(=O)N(CCCN1CCN(c3cccc(C(F)(F)F)c3)CC1)/C(=C(/O)c1ccccc1)C2=O. The van der Waals surface area contributed by atoms with E-state index in [0.29, 0.717) is 61.7 Å². The smallest absolute Gasteiger partial charge is 0.416 e. The molecule has 0 aliphatic carbocycles. The van der Waals surface area contributed by atoms with Gasteiger partial charge in [0.15, 0.2) is 10.8 Å². The summed E-state index contributed by atoms with van der Waals surface area (Å²) in [6.45, 7) is 5.89. The molecular weight excluding hydrogens is 569 g/mol. The van der Waals surface area contributed by atoms with Crippen molar-refractivity contribution in [3.8, 4) is 0 Å². The monoisotopic (exact) mass is 600 g/mol. The number of carbonyl (C=O) groups excluding carboxylic acids is 1. The molecule has 3 heterocycles. The maximum Gasteiger partial charge on any atom is 0.416 e. The van der Waals surface area contributed by atoms with Crippen LogP contribution in [0.2, 0.25) is 0 Å². The number of halogens is 3. The largest absolute Gasteiger partial charge is 0.505 e. The fourth-order valence-electron chi connectivity index (χ4n) is 5.46. The Morgan fingerprint density at radius 1 is 0.952 bits per heavy atom. The number of fused-ring (bicyclic) bond motifs is 1. The number of Topliss-reactive ketones (excluding diaryl/α,β-unsaturated/α-hetero) is 1. The van der Waals surface area contributed by atoms with Gasteiger partial charge < -0.3 is 10.0 Å². The standard InChI is InChI=1S/C30H31F3N4O4S/c1-20-18-21(2)34-29-25(20)28(39)26(27(38)22-8-4-3-5-9-22)37(42(29,40)41)13-7-12-35-14-16-36(17-15-35)24-11-6-10-23(19-24)30(31,32)33/h3-6,8-11,18-19,38H,7,12-17H2,1-2H3/b27-26+. The van der Waals surface area contributed by atoms with E-state index in [4.69, 9.17) is 0 Å². The Bertz CT molecular complexity index is 1630. The summed E-state index contributed by atoms with van der Waals surface area (Å²) in [5, 5.41) is 10.9. The zero-order valence-electron chi connectivity index (χ0n) is 23.2. The molecule has 0 unspecified atom stereocenters. The number of alkyl halides is 3. The second-order valence-electron chi connectivity index (χ2n) is 10.5. The van der Waals surface area contributed by atoms with Gasteiger partial charge in [0.05, 0.1) is 11.1 Å². The van der Waals surface area contributed by atoms with Crippen LogP contribution < -0.4 is 4.90 Å². The van der Waals surface area contributed by atoms with Gasteiger partial charge in [0.2, 0.25) is 5.78 Å². The highest BCUT2D eigenvalue weighted by Crippen LogP contribution is 2.36. The summed E-state index contributed by atoms with van der Waals surface area (Å²) < 4.78 is 68.1. The van der Waals surface area contributed by atoms with Gasteiger partial charge in [-0.15, -0.1) is 0 Å². The number of benzene rings is 2. The number of aromatic nitrogens is 1. The Morgan fingerprint density at radius 3 is 2.31 bits per heavy atom. The van der Waals surface area contributed by atoms with Gasteiger partial charge in [0.1, 0.15) is 5.70 Å². The molecule has 0 amide bonds. The highest BCUT2D eigenvalue weighted by Gasteiger charge is 2.43. The van der Waals surface area contributed by atoms with Crippen LogP contribution in [0.3, 0.4) is 0 Å². The third-order valence-corrected chi connectivity index (χ3v) is 9.29. The highest BCUT2D eigenvalue weighted by molar-refractivity contribution is 7.89. The van der Waals surface area contributed by atoms with Crippen LogP contribution in [-0.4, -0.2) is 72.8 Å². The molecule has 0 radical (unpaired) electrons. The molecule has 12 heteroatoms. The topological polar surface area (TPSA) is 94.1 Å². The van der Waals surface area contributed by atoms with Crippen molar-refractivity contribution in [1.82, 2.24) is 14.2 Å². The van der Waals surface area contributed by atoms with Crippen LogP contribution in [0.5, 0.6) is 0 Å². The summed E-state index contributed by atoms with van der Waals surface area (Å²) in [4.78, 5) is 21.9. The van der Waals surface area contributed by atoms with E-state index in [1.807, 2.05) is 4.90 Å². The number of aliphatic hydroxyl groups is 1. The molecule has 2 aliphatic heterocycles. The van der Waals surface area contributed by atoms with Crippen LogP contribution in [-0.2, 0) is 16.2 Å².